The van der Waals surface area contributed by atoms with Crippen LogP contribution in [0.3, 0.4) is 0 Å². The molecule has 0 aromatic carbocycles. The number of nitrogens with one attached hydrogen (secondary N) is 1. The number of aromatic amines is 1. The number of nitrogens with zero attached hydrogens (tertiary/aromatic N) is 4. The minimum absolute atomic E-state index is 0.0212. The maximum absolute atomic E-state index is 12.6. The lowest BCUT2D eigenvalue weighted by Gasteiger charge is -2.32. The van der Waals surface area contributed by atoms with Crippen LogP contribution in [0.5, 0.6) is 0 Å². The summed E-state index contributed by atoms with van der Waals surface area (Å²) >= 11 is 5.97. The summed E-state index contributed by atoms with van der Waals surface area (Å²) < 4.78 is 37.9. The predicted octanol–water partition coefficient (Wildman–Crippen LogP) is 3.26. The molecular weight excluding hydrogens is 319 g/mol. The third-order valence-corrected chi connectivity index (χ3v) is 4.04. The Balaban J connectivity index is 1.71. The van der Waals surface area contributed by atoms with Crippen LogP contribution in [0.25, 0.3) is 0 Å². The van der Waals surface area contributed by atoms with Crippen molar-refractivity contribution >= 4 is 17.4 Å². The maximum atomic E-state index is 12.6. The van der Waals surface area contributed by atoms with Crippen molar-refractivity contribution in [3.8, 4) is 0 Å². The molecule has 0 atom stereocenters. The number of anilines is 1. The van der Waals surface area contributed by atoms with Gasteiger partial charge in [0.15, 0.2) is 0 Å². The van der Waals surface area contributed by atoms with Crippen molar-refractivity contribution in [2.24, 2.45) is 0 Å². The molecule has 118 valence electrons. The molecule has 3 rings (SSSR count). The summed E-state index contributed by atoms with van der Waals surface area (Å²) in [7, 11) is 0. The molecule has 1 N–H and O–H groups in total. The van der Waals surface area contributed by atoms with Crippen LogP contribution in [0.1, 0.15) is 30.1 Å². The van der Waals surface area contributed by atoms with Crippen molar-refractivity contribution < 1.29 is 13.2 Å². The van der Waals surface area contributed by atoms with E-state index in [4.69, 9.17) is 11.6 Å². The molecule has 0 bridgehead atoms. The highest BCUT2D eigenvalue weighted by Gasteiger charge is 2.32. The second-order valence-electron chi connectivity index (χ2n) is 5.16. The fourth-order valence-electron chi connectivity index (χ4n) is 2.59. The van der Waals surface area contributed by atoms with Gasteiger partial charge in [-0.1, -0.05) is 11.6 Å². The van der Waals surface area contributed by atoms with Crippen molar-refractivity contribution in [1.82, 2.24) is 20.2 Å². The van der Waals surface area contributed by atoms with E-state index in [1.807, 2.05) is 4.90 Å². The van der Waals surface area contributed by atoms with E-state index in [-0.39, 0.29) is 10.9 Å². The minimum Gasteiger partial charge on any atom is -0.355 e. The molecule has 0 radical (unpaired) electrons. The smallest absolute Gasteiger partial charge is 0.355 e. The van der Waals surface area contributed by atoms with Gasteiger partial charge in [-0.05, 0) is 18.9 Å². The fourth-order valence-corrected chi connectivity index (χ4v) is 2.88. The zero-order chi connectivity index (χ0) is 15.7. The van der Waals surface area contributed by atoms with E-state index in [1.165, 1.54) is 6.33 Å². The second-order valence-corrected chi connectivity index (χ2v) is 5.57. The Morgan fingerprint density at radius 1 is 1.23 bits per heavy atom. The molecule has 0 spiro atoms. The molecule has 0 amide bonds. The Morgan fingerprint density at radius 2 is 1.95 bits per heavy atom. The number of aromatic nitrogens is 4. The predicted molar refractivity (Wildman–Crippen MR) is 74.8 cm³/mol. The molecule has 0 saturated carbocycles. The van der Waals surface area contributed by atoms with E-state index in [1.54, 1.807) is 0 Å². The molecule has 3 heterocycles. The number of piperidine rings is 1. The van der Waals surface area contributed by atoms with Gasteiger partial charge in [0.1, 0.15) is 18.0 Å². The lowest BCUT2D eigenvalue weighted by molar-refractivity contribution is -0.137. The van der Waals surface area contributed by atoms with Crippen LogP contribution in [0.15, 0.2) is 18.6 Å². The first-order valence-electron chi connectivity index (χ1n) is 6.78. The summed E-state index contributed by atoms with van der Waals surface area (Å²) in [5.74, 6) is 1.50. The van der Waals surface area contributed by atoms with Gasteiger partial charge in [0.05, 0.1) is 10.6 Å². The molecule has 5 nitrogen and oxygen atoms in total. The first kappa shape index (κ1) is 15.1. The van der Waals surface area contributed by atoms with Crippen molar-refractivity contribution in [2.75, 3.05) is 18.0 Å². The van der Waals surface area contributed by atoms with E-state index in [0.717, 1.165) is 30.9 Å². The summed E-state index contributed by atoms with van der Waals surface area (Å²) in [5, 5.41) is 6.70. The fraction of sp³-hybridized carbons (Fsp3) is 0.462. The van der Waals surface area contributed by atoms with Crippen LogP contribution in [0.2, 0.25) is 5.02 Å². The van der Waals surface area contributed by atoms with Gasteiger partial charge in [0, 0.05) is 25.2 Å². The highest BCUT2D eigenvalue weighted by molar-refractivity contribution is 6.33. The monoisotopic (exact) mass is 331 g/mol. The number of hydrogen-bond donors (Lipinski definition) is 1. The van der Waals surface area contributed by atoms with Crippen LogP contribution in [-0.2, 0) is 6.18 Å². The highest BCUT2D eigenvalue weighted by atomic mass is 35.5. The SMILES string of the molecule is FC(F)(F)c1cnc(N2CCC(c3ncn[nH]3)CC2)c(Cl)c1. The van der Waals surface area contributed by atoms with Gasteiger partial charge in [0.2, 0.25) is 0 Å². The van der Waals surface area contributed by atoms with Crippen LogP contribution in [-0.4, -0.2) is 33.3 Å². The van der Waals surface area contributed by atoms with Crippen LogP contribution < -0.4 is 4.90 Å². The molecule has 0 aliphatic carbocycles. The lowest BCUT2D eigenvalue weighted by atomic mass is 9.96. The standard InChI is InChI=1S/C13H13ClF3N5/c14-10-5-9(13(15,16)17)6-18-12(10)22-3-1-8(2-4-22)11-19-7-20-21-11/h5-8H,1-4H2,(H,19,20,21). The number of rotatable bonds is 2. The molecule has 22 heavy (non-hydrogen) atoms. The third-order valence-electron chi connectivity index (χ3n) is 3.76. The van der Waals surface area contributed by atoms with E-state index in [9.17, 15) is 13.2 Å². The molecule has 2 aromatic heterocycles. The zero-order valence-electron chi connectivity index (χ0n) is 11.4. The Bertz CT molecular complexity index is 636. The average Bonchev–Trinajstić information content (AvgIpc) is 3.01. The number of hydrogen-bond acceptors (Lipinski definition) is 4. The normalized spacial score (nSPS) is 17.0. The second kappa shape index (κ2) is 5.75. The van der Waals surface area contributed by atoms with Crippen molar-refractivity contribution in [3.05, 3.63) is 35.0 Å². The highest BCUT2D eigenvalue weighted by Crippen LogP contribution is 2.35. The van der Waals surface area contributed by atoms with Gasteiger partial charge in [-0.25, -0.2) is 9.97 Å². The third kappa shape index (κ3) is 3.01. The van der Waals surface area contributed by atoms with E-state index >= 15 is 0 Å². The topological polar surface area (TPSA) is 57.7 Å². The molecule has 0 unspecified atom stereocenters. The summed E-state index contributed by atoms with van der Waals surface area (Å²) in [6, 6.07) is 0.923. The summed E-state index contributed by atoms with van der Waals surface area (Å²) in [6.45, 7) is 1.31. The maximum Gasteiger partial charge on any atom is 0.417 e. The van der Waals surface area contributed by atoms with Gasteiger partial charge in [-0.2, -0.15) is 18.3 Å². The number of halogens is 4. The van der Waals surface area contributed by atoms with Crippen molar-refractivity contribution in [2.45, 2.75) is 24.9 Å². The van der Waals surface area contributed by atoms with Crippen LogP contribution in [0.4, 0.5) is 19.0 Å². The molecular formula is C13H13ClF3N5. The first-order chi connectivity index (χ1) is 10.4. The first-order valence-corrected chi connectivity index (χ1v) is 7.16. The van der Waals surface area contributed by atoms with Gasteiger partial charge in [-0.3, -0.25) is 5.10 Å². The Kier molecular flexibility index (Phi) is 3.94. The molecule has 1 aliphatic rings. The Morgan fingerprint density at radius 3 is 2.50 bits per heavy atom. The van der Waals surface area contributed by atoms with Crippen molar-refractivity contribution in [1.29, 1.82) is 0 Å². The quantitative estimate of drug-likeness (QED) is 0.917. The van der Waals surface area contributed by atoms with Gasteiger partial charge in [0.25, 0.3) is 0 Å². The van der Waals surface area contributed by atoms with E-state index < -0.39 is 11.7 Å². The summed E-state index contributed by atoms with van der Waals surface area (Å²) in [4.78, 5) is 9.93. The van der Waals surface area contributed by atoms with Gasteiger partial charge < -0.3 is 4.90 Å². The van der Waals surface area contributed by atoms with E-state index in [0.29, 0.717) is 18.9 Å². The largest absolute Gasteiger partial charge is 0.417 e. The Hall–Kier alpha value is -1.83. The number of pyridine rings is 1. The van der Waals surface area contributed by atoms with Crippen molar-refractivity contribution in [3.63, 3.8) is 0 Å². The average molecular weight is 332 g/mol. The zero-order valence-corrected chi connectivity index (χ0v) is 12.2. The summed E-state index contributed by atoms with van der Waals surface area (Å²) in [5.41, 5.74) is -0.835. The Labute approximate surface area is 129 Å². The minimum atomic E-state index is -4.44. The molecule has 9 heteroatoms. The lowest BCUT2D eigenvalue weighted by Crippen LogP contribution is -2.34. The van der Waals surface area contributed by atoms with Crippen LogP contribution in [0, 0.1) is 0 Å². The molecule has 2 aromatic rings. The van der Waals surface area contributed by atoms with Gasteiger partial charge in [-0.15, -0.1) is 0 Å². The number of H-pyrrole nitrogens is 1. The molecule has 1 saturated heterocycles. The van der Waals surface area contributed by atoms with Gasteiger partial charge >= 0.3 is 6.18 Å². The molecule has 1 aliphatic heterocycles. The molecule has 1 fully saturated rings. The van der Waals surface area contributed by atoms with Crippen LogP contribution >= 0.6 is 11.6 Å². The number of alkyl halides is 3. The summed E-state index contributed by atoms with van der Waals surface area (Å²) in [6.07, 6.45) is -0.517. The van der Waals surface area contributed by atoms with E-state index in [2.05, 4.69) is 20.2 Å².